The van der Waals surface area contributed by atoms with E-state index >= 15 is 0 Å². The van der Waals surface area contributed by atoms with Crippen LogP contribution >= 0.6 is 11.3 Å². The number of hydrogen-bond acceptors (Lipinski definition) is 5. The van der Waals surface area contributed by atoms with Crippen molar-refractivity contribution in [3.8, 4) is 11.5 Å². The second kappa shape index (κ2) is 7.62. The smallest absolute Gasteiger partial charge is 0.154 e. The number of likely N-dealkylation sites (tertiary alicyclic amines) is 1. The van der Waals surface area contributed by atoms with Gasteiger partial charge in [-0.3, -0.25) is 4.90 Å². The van der Waals surface area contributed by atoms with Crippen LogP contribution in [0.3, 0.4) is 0 Å². The summed E-state index contributed by atoms with van der Waals surface area (Å²) >= 11 is 1.76. The molecule has 0 bridgehead atoms. The number of fused-ring (bicyclic) bond motifs is 2. The predicted octanol–water partition coefficient (Wildman–Crippen LogP) is 6.37. The highest BCUT2D eigenvalue weighted by atomic mass is 32.1. The van der Waals surface area contributed by atoms with E-state index in [4.69, 9.17) is 14.4 Å². The van der Waals surface area contributed by atoms with Crippen LogP contribution in [0.25, 0.3) is 33.5 Å². The van der Waals surface area contributed by atoms with Gasteiger partial charge in [-0.1, -0.05) is 30.3 Å². The molecule has 0 radical (unpaired) electrons. The Morgan fingerprint density at radius 2 is 1.87 bits per heavy atom. The van der Waals surface area contributed by atoms with Crippen molar-refractivity contribution in [3.05, 3.63) is 70.8 Å². The number of aromatic nitrogens is 3. The molecule has 0 aliphatic carbocycles. The highest BCUT2D eigenvalue weighted by Crippen LogP contribution is 2.36. The minimum atomic E-state index is 0.288. The molecule has 1 atom stereocenters. The lowest BCUT2D eigenvalue weighted by Gasteiger charge is -2.34. The fourth-order valence-corrected chi connectivity index (χ4v) is 5.55. The largest absolute Gasteiger partial charge is 0.454 e. The minimum absolute atomic E-state index is 0.288. The molecule has 5 aromatic rings. The molecule has 5 nitrogen and oxygen atoms in total. The Kier molecular flexibility index (Phi) is 4.62. The fourth-order valence-electron chi connectivity index (χ4n) is 4.57. The lowest BCUT2D eigenvalue weighted by molar-refractivity contribution is 0.157. The van der Waals surface area contributed by atoms with Crippen LogP contribution in [0.1, 0.15) is 42.6 Å². The first kappa shape index (κ1) is 18.8. The number of nitrogens with zero attached hydrogens (tertiary/aromatic N) is 3. The van der Waals surface area contributed by atoms with E-state index < -0.39 is 0 Å². The number of nitrogens with one attached hydrogen (secondary N) is 1. The van der Waals surface area contributed by atoms with Gasteiger partial charge in [0.25, 0.3) is 0 Å². The number of furan rings is 1. The number of piperidine rings is 1. The molecule has 1 N–H and O–H groups in total. The van der Waals surface area contributed by atoms with E-state index in [0.29, 0.717) is 5.92 Å². The quantitative estimate of drug-likeness (QED) is 0.361. The Labute approximate surface area is 184 Å². The van der Waals surface area contributed by atoms with E-state index in [1.54, 1.807) is 11.3 Å². The van der Waals surface area contributed by atoms with Gasteiger partial charge in [-0.05, 0) is 57.1 Å². The van der Waals surface area contributed by atoms with Crippen molar-refractivity contribution in [2.24, 2.45) is 0 Å². The predicted molar refractivity (Wildman–Crippen MR) is 125 cm³/mol. The zero-order chi connectivity index (χ0) is 20.8. The van der Waals surface area contributed by atoms with Crippen molar-refractivity contribution in [3.63, 3.8) is 0 Å². The third-order valence-corrected chi connectivity index (χ3v) is 7.44. The van der Waals surface area contributed by atoms with Crippen LogP contribution < -0.4 is 0 Å². The monoisotopic (exact) mass is 428 g/mol. The van der Waals surface area contributed by atoms with Crippen LogP contribution in [0.5, 0.6) is 0 Å². The summed E-state index contributed by atoms with van der Waals surface area (Å²) in [5, 5.41) is 4.49. The normalized spacial score (nSPS) is 16.9. The van der Waals surface area contributed by atoms with E-state index in [9.17, 15) is 0 Å². The lowest BCUT2D eigenvalue weighted by Crippen LogP contribution is -2.35. The van der Waals surface area contributed by atoms with Crippen LogP contribution in [0.15, 0.2) is 64.4 Å². The van der Waals surface area contributed by atoms with Gasteiger partial charge >= 0.3 is 0 Å². The Hall–Kier alpha value is -2.96. The van der Waals surface area contributed by atoms with Crippen LogP contribution in [0.4, 0.5) is 0 Å². The highest BCUT2D eigenvalue weighted by Gasteiger charge is 2.27. The van der Waals surface area contributed by atoms with Gasteiger partial charge in [-0.2, -0.15) is 0 Å². The second-order valence-electron chi connectivity index (χ2n) is 8.34. The molecule has 6 heteroatoms. The molecule has 2 aromatic carbocycles. The maximum absolute atomic E-state index is 6.00. The van der Waals surface area contributed by atoms with Crippen molar-refractivity contribution < 1.29 is 4.42 Å². The number of benzene rings is 2. The van der Waals surface area contributed by atoms with Crippen molar-refractivity contribution >= 4 is 33.3 Å². The Morgan fingerprint density at radius 1 is 1.06 bits per heavy atom. The number of rotatable bonds is 4. The van der Waals surface area contributed by atoms with Gasteiger partial charge in [-0.15, -0.1) is 11.3 Å². The molecule has 0 amide bonds. The Balaban J connectivity index is 1.14. The summed E-state index contributed by atoms with van der Waals surface area (Å²) in [6.45, 7) is 4.37. The first-order valence-electron chi connectivity index (χ1n) is 10.9. The van der Waals surface area contributed by atoms with E-state index in [-0.39, 0.29) is 6.04 Å². The van der Waals surface area contributed by atoms with Crippen LogP contribution in [0.2, 0.25) is 0 Å². The van der Waals surface area contributed by atoms with E-state index in [0.717, 1.165) is 65.2 Å². The van der Waals surface area contributed by atoms with Crippen molar-refractivity contribution in [1.29, 1.82) is 0 Å². The molecule has 1 aliphatic rings. The number of thiazole rings is 1. The van der Waals surface area contributed by atoms with Crippen molar-refractivity contribution in [1.82, 2.24) is 19.9 Å². The third kappa shape index (κ3) is 3.46. The molecular weight excluding hydrogens is 404 g/mol. The molecule has 31 heavy (non-hydrogen) atoms. The standard InChI is InChI=1S/C25H24N4OS/c1-16(24-26-19-7-3-4-8-20(19)27-24)29-12-10-17(11-13-29)25-28-21(15-31-25)23-14-18-6-2-5-9-22(18)30-23/h2-9,14-17H,10-13H2,1H3,(H,26,27). The average Bonchev–Trinajstić information content (AvgIpc) is 3.56. The highest BCUT2D eigenvalue weighted by molar-refractivity contribution is 7.10. The maximum Gasteiger partial charge on any atom is 0.154 e. The van der Waals surface area contributed by atoms with E-state index in [2.05, 4.69) is 46.5 Å². The van der Waals surface area contributed by atoms with Crippen LogP contribution in [0, 0.1) is 0 Å². The molecular formula is C25H24N4OS. The van der Waals surface area contributed by atoms with Gasteiger partial charge in [0.15, 0.2) is 5.76 Å². The van der Waals surface area contributed by atoms with Gasteiger partial charge < -0.3 is 9.40 Å². The number of hydrogen-bond donors (Lipinski definition) is 1. The van der Waals surface area contributed by atoms with Gasteiger partial charge in [0.05, 0.1) is 22.1 Å². The first-order chi connectivity index (χ1) is 15.2. The van der Waals surface area contributed by atoms with Gasteiger partial charge in [0.2, 0.25) is 0 Å². The molecule has 1 fully saturated rings. The topological polar surface area (TPSA) is 58.0 Å². The summed E-state index contributed by atoms with van der Waals surface area (Å²) in [4.78, 5) is 15.8. The van der Waals surface area contributed by atoms with Gasteiger partial charge in [-0.25, -0.2) is 9.97 Å². The van der Waals surface area contributed by atoms with Gasteiger partial charge in [0, 0.05) is 16.7 Å². The average molecular weight is 429 g/mol. The number of H-pyrrole nitrogens is 1. The number of aromatic amines is 1. The fraction of sp³-hybridized carbons (Fsp3) is 0.280. The summed E-state index contributed by atoms with van der Waals surface area (Å²) in [6, 6.07) is 18.7. The Bertz CT molecular complexity index is 1280. The lowest BCUT2D eigenvalue weighted by atomic mass is 9.96. The molecule has 1 aliphatic heterocycles. The molecule has 0 spiro atoms. The first-order valence-corrected chi connectivity index (χ1v) is 11.8. The summed E-state index contributed by atoms with van der Waals surface area (Å²) in [6.07, 6.45) is 2.25. The van der Waals surface area contributed by atoms with Crippen molar-refractivity contribution in [2.75, 3.05) is 13.1 Å². The zero-order valence-corrected chi connectivity index (χ0v) is 18.2. The molecule has 1 saturated heterocycles. The molecule has 6 rings (SSSR count). The van der Waals surface area contributed by atoms with Gasteiger partial charge in [0.1, 0.15) is 17.1 Å². The molecule has 156 valence electrons. The van der Waals surface area contributed by atoms with E-state index in [1.165, 1.54) is 5.01 Å². The minimum Gasteiger partial charge on any atom is -0.454 e. The zero-order valence-electron chi connectivity index (χ0n) is 17.4. The third-order valence-electron chi connectivity index (χ3n) is 6.43. The van der Waals surface area contributed by atoms with Crippen LogP contribution in [-0.2, 0) is 0 Å². The summed E-state index contributed by atoms with van der Waals surface area (Å²) in [7, 11) is 0. The molecule has 3 aromatic heterocycles. The summed E-state index contributed by atoms with van der Waals surface area (Å²) in [5.74, 6) is 2.43. The summed E-state index contributed by atoms with van der Waals surface area (Å²) in [5.41, 5.74) is 4.02. The maximum atomic E-state index is 6.00. The van der Waals surface area contributed by atoms with E-state index in [1.807, 2.05) is 30.3 Å². The van der Waals surface area contributed by atoms with Crippen molar-refractivity contribution in [2.45, 2.75) is 31.7 Å². The SMILES string of the molecule is CC(c1nc2ccccc2[nH]1)N1CCC(c2nc(-c3cc4ccccc4o3)cs2)CC1. The molecule has 4 heterocycles. The molecule has 1 unspecified atom stereocenters. The second-order valence-corrected chi connectivity index (χ2v) is 9.23. The Morgan fingerprint density at radius 3 is 2.71 bits per heavy atom. The molecule has 0 saturated carbocycles. The number of para-hydroxylation sites is 3. The van der Waals surface area contributed by atoms with Crippen LogP contribution in [-0.4, -0.2) is 32.9 Å². The number of imidazole rings is 1. The summed E-state index contributed by atoms with van der Waals surface area (Å²) < 4.78 is 6.00.